The van der Waals surface area contributed by atoms with E-state index in [1.807, 2.05) is 42.5 Å². The van der Waals surface area contributed by atoms with Gasteiger partial charge in [0.1, 0.15) is 0 Å². The molecule has 4 nitrogen and oxygen atoms in total. The van der Waals surface area contributed by atoms with E-state index in [1.54, 1.807) is 6.08 Å². The van der Waals surface area contributed by atoms with Gasteiger partial charge in [0.15, 0.2) is 11.5 Å². The van der Waals surface area contributed by atoms with Crippen LogP contribution in [0.5, 0.6) is 11.5 Å². The third-order valence-electron chi connectivity index (χ3n) is 4.16. The molecule has 3 aromatic rings. The highest BCUT2D eigenvalue weighted by Gasteiger charge is 2.12. The van der Waals surface area contributed by atoms with Crippen molar-refractivity contribution in [1.29, 1.82) is 0 Å². The number of amides is 1. The summed E-state index contributed by atoms with van der Waals surface area (Å²) in [6.07, 6.45) is 3.29. The second kappa shape index (κ2) is 6.69. The van der Waals surface area contributed by atoms with Gasteiger partial charge in [-0.3, -0.25) is 4.79 Å². The summed E-state index contributed by atoms with van der Waals surface area (Å²) in [6.45, 7) is 0.736. The minimum Gasteiger partial charge on any atom is -0.454 e. The van der Waals surface area contributed by atoms with Gasteiger partial charge in [0.2, 0.25) is 12.7 Å². The Morgan fingerprint density at radius 1 is 1.00 bits per heavy atom. The predicted molar refractivity (Wildman–Crippen MR) is 97.4 cm³/mol. The van der Waals surface area contributed by atoms with E-state index in [9.17, 15) is 4.79 Å². The molecular weight excluding hydrogens is 314 g/mol. The Kier molecular flexibility index (Phi) is 4.09. The molecule has 4 rings (SSSR count). The minimum absolute atomic E-state index is 0.134. The summed E-state index contributed by atoms with van der Waals surface area (Å²) in [4.78, 5) is 12.1. The lowest BCUT2D eigenvalue weighted by Crippen LogP contribution is -2.20. The first kappa shape index (κ1) is 15.3. The molecule has 0 bridgehead atoms. The average molecular weight is 331 g/mol. The van der Waals surface area contributed by atoms with Gasteiger partial charge in [-0.15, -0.1) is 0 Å². The summed E-state index contributed by atoms with van der Waals surface area (Å²) in [5.74, 6) is 1.31. The molecule has 25 heavy (non-hydrogen) atoms. The van der Waals surface area contributed by atoms with Gasteiger partial charge in [-0.05, 0) is 40.1 Å². The molecule has 1 aliphatic heterocycles. The molecule has 124 valence electrons. The normalized spacial score (nSPS) is 12.6. The molecule has 0 atom stereocenters. The molecule has 0 saturated carbocycles. The Hall–Kier alpha value is -3.27. The quantitative estimate of drug-likeness (QED) is 0.738. The van der Waals surface area contributed by atoms with Gasteiger partial charge in [0.25, 0.3) is 0 Å². The largest absolute Gasteiger partial charge is 0.454 e. The van der Waals surface area contributed by atoms with Gasteiger partial charge in [-0.1, -0.05) is 48.5 Å². The fourth-order valence-corrected chi connectivity index (χ4v) is 2.88. The Morgan fingerprint density at radius 2 is 1.84 bits per heavy atom. The monoisotopic (exact) mass is 331 g/mol. The van der Waals surface area contributed by atoms with Crippen LogP contribution in [0.2, 0.25) is 0 Å². The first-order valence-corrected chi connectivity index (χ1v) is 8.12. The molecule has 0 aliphatic carbocycles. The van der Waals surface area contributed by atoms with E-state index in [2.05, 4.69) is 23.5 Å². The predicted octanol–water partition coefficient (Wildman–Crippen LogP) is 3.90. The number of ether oxygens (including phenoxy) is 2. The Labute approximate surface area is 145 Å². The van der Waals surface area contributed by atoms with Gasteiger partial charge in [-0.2, -0.15) is 0 Å². The maximum atomic E-state index is 12.1. The van der Waals surface area contributed by atoms with Crippen LogP contribution in [0.3, 0.4) is 0 Å². The SMILES string of the molecule is O=C(/C=C/c1ccc2c(c1)OCO2)NCc1cccc2ccccc12. The third kappa shape index (κ3) is 3.33. The molecule has 0 radical (unpaired) electrons. The van der Waals surface area contributed by atoms with Crippen LogP contribution in [0.15, 0.2) is 66.7 Å². The fourth-order valence-electron chi connectivity index (χ4n) is 2.88. The number of hydrogen-bond acceptors (Lipinski definition) is 3. The maximum Gasteiger partial charge on any atom is 0.244 e. The van der Waals surface area contributed by atoms with E-state index in [0.717, 1.165) is 22.3 Å². The van der Waals surface area contributed by atoms with Crippen molar-refractivity contribution in [1.82, 2.24) is 5.32 Å². The number of hydrogen-bond donors (Lipinski definition) is 1. The summed E-state index contributed by atoms with van der Waals surface area (Å²) in [5.41, 5.74) is 1.99. The molecule has 0 saturated heterocycles. The molecular formula is C21H17NO3. The molecule has 0 unspecified atom stereocenters. The Balaban J connectivity index is 1.42. The van der Waals surface area contributed by atoms with E-state index in [4.69, 9.17) is 9.47 Å². The van der Waals surface area contributed by atoms with Crippen molar-refractivity contribution >= 4 is 22.8 Å². The second-order valence-corrected chi connectivity index (χ2v) is 5.80. The lowest BCUT2D eigenvalue weighted by molar-refractivity contribution is -0.116. The highest BCUT2D eigenvalue weighted by atomic mass is 16.7. The van der Waals surface area contributed by atoms with Crippen molar-refractivity contribution in [3.8, 4) is 11.5 Å². The second-order valence-electron chi connectivity index (χ2n) is 5.80. The van der Waals surface area contributed by atoms with Crippen molar-refractivity contribution in [3.63, 3.8) is 0 Å². The van der Waals surface area contributed by atoms with Gasteiger partial charge in [0, 0.05) is 12.6 Å². The average Bonchev–Trinajstić information content (AvgIpc) is 3.12. The number of carbonyl (C=O) groups excluding carboxylic acids is 1. The zero-order valence-electron chi connectivity index (χ0n) is 13.6. The summed E-state index contributed by atoms with van der Waals surface area (Å²) < 4.78 is 10.6. The number of carbonyl (C=O) groups is 1. The standard InChI is InChI=1S/C21H17NO3/c23-21(11-9-15-8-10-19-20(12-15)25-14-24-19)22-13-17-6-3-5-16-4-1-2-7-18(16)17/h1-12H,13-14H2,(H,22,23)/b11-9+. The third-order valence-corrected chi connectivity index (χ3v) is 4.16. The van der Waals surface area contributed by atoms with E-state index in [1.165, 1.54) is 11.5 Å². The molecule has 3 aromatic carbocycles. The summed E-state index contributed by atoms with van der Waals surface area (Å²) in [7, 11) is 0. The summed E-state index contributed by atoms with van der Waals surface area (Å²) in [6, 6.07) is 19.9. The van der Waals surface area contributed by atoms with Crippen LogP contribution in [0.4, 0.5) is 0 Å². The molecule has 0 fully saturated rings. The molecule has 1 amide bonds. The van der Waals surface area contributed by atoms with Crippen LogP contribution in [0.1, 0.15) is 11.1 Å². The number of rotatable bonds is 4. The first-order chi connectivity index (χ1) is 12.3. The number of nitrogens with one attached hydrogen (secondary N) is 1. The first-order valence-electron chi connectivity index (χ1n) is 8.12. The molecule has 4 heteroatoms. The van der Waals surface area contributed by atoms with Crippen molar-refractivity contribution in [2.45, 2.75) is 6.54 Å². The maximum absolute atomic E-state index is 12.1. The molecule has 1 N–H and O–H groups in total. The summed E-state index contributed by atoms with van der Waals surface area (Å²) in [5, 5.41) is 5.26. The molecule has 1 aliphatic rings. The fraction of sp³-hybridized carbons (Fsp3) is 0.0952. The zero-order chi connectivity index (χ0) is 17.1. The lowest BCUT2D eigenvalue weighted by atomic mass is 10.0. The van der Waals surface area contributed by atoms with Gasteiger partial charge in [-0.25, -0.2) is 0 Å². The van der Waals surface area contributed by atoms with Crippen molar-refractivity contribution < 1.29 is 14.3 Å². The number of fused-ring (bicyclic) bond motifs is 2. The van der Waals surface area contributed by atoms with Crippen LogP contribution >= 0.6 is 0 Å². The van der Waals surface area contributed by atoms with Crippen molar-refractivity contribution in [2.75, 3.05) is 6.79 Å². The topological polar surface area (TPSA) is 47.6 Å². The van der Waals surface area contributed by atoms with Gasteiger partial charge >= 0.3 is 0 Å². The minimum atomic E-state index is -0.134. The smallest absolute Gasteiger partial charge is 0.244 e. The van der Waals surface area contributed by atoms with Crippen molar-refractivity contribution in [2.24, 2.45) is 0 Å². The lowest BCUT2D eigenvalue weighted by Gasteiger charge is -2.07. The Bertz CT molecular complexity index is 957. The van der Waals surface area contributed by atoms with Crippen LogP contribution in [-0.4, -0.2) is 12.7 Å². The summed E-state index contributed by atoms with van der Waals surface area (Å²) >= 11 is 0. The molecule has 0 aromatic heterocycles. The Morgan fingerprint density at radius 3 is 2.80 bits per heavy atom. The van der Waals surface area contributed by atoms with Gasteiger partial charge < -0.3 is 14.8 Å². The zero-order valence-corrected chi connectivity index (χ0v) is 13.6. The van der Waals surface area contributed by atoms with Crippen LogP contribution in [0, 0.1) is 0 Å². The van der Waals surface area contributed by atoms with E-state index < -0.39 is 0 Å². The molecule has 1 heterocycles. The van der Waals surface area contributed by atoms with Crippen LogP contribution in [-0.2, 0) is 11.3 Å². The number of benzene rings is 3. The highest BCUT2D eigenvalue weighted by Crippen LogP contribution is 2.32. The van der Waals surface area contributed by atoms with Crippen molar-refractivity contribution in [3.05, 3.63) is 77.9 Å². The molecule has 0 spiro atoms. The van der Waals surface area contributed by atoms with Gasteiger partial charge in [0.05, 0.1) is 0 Å². The van der Waals surface area contributed by atoms with E-state index >= 15 is 0 Å². The van der Waals surface area contributed by atoms with Crippen LogP contribution < -0.4 is 14.8 Å². The highest BCUT2D eigenvalue weighted by molar-refractivity contribution is 5.92. The van der Waals surface area contributed by atoms with Crippen LogP contribution in [0.25, 0.3) is 16.8 Å². The van der Waals surface area contributed by atoms with E-state index in [0.29, 0.717) is 12.3 Å². The van der Waals surface area contributed by atoms with E-state index in [-0.39, 0.29) is 12.7 Å².